The van der Waals surface area contributed by atoms with Gasteiger partial charge in [0.15, 0.2) is 0 Å². The van der Waals surface area contributed by atoms with Gasteiger partial charge in [0.25, 0.3) is 5.91 Å². The SMILES string of the molecule is COc1ccc2c(c1)[C@@H]1[C@H](C)C1(C(=O)N1CCN3CCC[C@@H]3C1)Cn1c-2c(C2CCCCC2)c2ccc(C(=O)NS(=O)(=O)N(C)C)cc21. The van der Waals surface area contributed by atoms with Crippen LogP contribution in [0.15, 0.2) is 36.4 Å². The molecule has 4 fully saturated rings. The van der Waals surface area contributed by atoms with Crippen LogP contribution in [-0.2, 0) is 21.5 Å². The van der Waals surface area contributed by atoms with Crippen LogP contribution >= 0.6 is 0 Å². The van der Waals surface area contributed by atoms with Gasteiger partial charge in [0.1, 0.15) is 5.75 Å². The van der Waals surface area contributed by atoms with Gasteiger partial charge in [0.05, 0.1) is 18.2 Å². The smallest absolute Gasteiger partial charge is 0.303 e. The number of hydrogen-bond donors (Lipinski definition) is 1. The first kappa shape index (κ1) is 31.8. The number of piperazine rings is 1. The summed E-state index contributed by atoms with van der Waals surface area (Å²) in [6, 6.07) is 12.4. The fraction of sp³-hybridized carbons (Fsp3) is 0.568. The minimum absolute atomic E-state index is 0.0441. The average Bonchev–Trinajstić information content (AvgIpc) is 3.33. The number of carbonyl (C=O) groups is 2. The van der Waals surface area contributed by atoms with Crippen LogP contribution in [0.3, 0.4) is 0 Å². The molecule has 4 heterocycles. The summed E-state index contributed by atoms with van der Waals surface area (Å²) in [5.74, 6) is 0.881. The Balaban J connectivity index is 1.32. The van der Waals surface area contributed by atoms with E-state index in [-0.39, 0.29) is 23.3 Å². The van der Waals surface area contributed by atoms with Crippen LogP contribution in [0.1, 0.15) is 85.2 Å². The Kier molecular flexibility index (Phi) is 7.69. The number of fused-ring (bicyclic) bond motifs is 8. The Morgan fingerprint density at radius 3 is 2.52 bits per heavy atom. The summed E-state index contributed by atoms with van der Waals surface area (Å²) in [5, 5.41) is 1.08. The molecule has 1 unspecified atom stereocenters. The molecule has 2 saturated heterocycles. The molecule has 5 aliphatic rings. The van der Waals surface area contributed by atoms with Crippen molar-refractivity contribution < 1.29 is 22.7 Å². The molecule has 2 amide bonds. The molecule has 3 aliphatic heterocycles. The fourth-order valence-electron chi connectivity index (χ4n) is 9.73. The second kappa shape index (κ2) is 11.6. The number of hydrogen-bond acceptors (Lipinski definition) is 6. The van der Waals surface area contributed by atoms with Gasteiger partial charge in [0.2, 0.25) is 5.91 Å². The molecule has 4 atom stereocenters. The van der Waals surface area contributed by atoms with Crippen LogP contribution in [0.2, 0.25) is 0 Å². The molecular weight excluding hydrogens is 627 g/mol. The lowest BCUT2D eigenvalue weighted by molar-refractivity contribution is -0.141. The van der Waals surface area contributed by atoms with Gasteiger partial charge < -0.3 is 14.2 Å². The number of nitrogens with zero attached hydrogens (tertiary/aromatic N) is 4. The highest BCUT2D eigenvalue weighted by Gasteiger charge is 2.70. The first-order chi connectivity index (χ1) is 23.0. The Morgan fingerprint density at radius 2 is 1.77 bits per heavy atom. The maximum Gasteiger partial charge on any atom is 0.303 e. The monoisotopic (exact) mass is 673 g/mol. The summed E-state index contributed by atoms with van der Waals surface area (Å²) in [5.41, 5.74) is 5.27. The summed E-state index contributed by atoms with van der Waals surface area (Å²) >= 11 is 0. The molecule has 0 spiro atoms. The Labute approximate surface area is 283 Å². The van der Waals surface area contributed by atoms with Gasteiger partial charge in [-0.1, -0.05) is 32.3 Å². The van der Waals surface area contributed by atoms with E-state index < -0.39 is 21.5 Å². The average molecular weight is 674 g/mol. The van der Waals surface area contributed by atoms with E-state index in [1.165, 1.54) is 50.9 Å². The van der Waals surface area contributed by atoms with Crippen molar-refractivity contribution in [2.45, 2.75) is 76.3 Å². The highest BCUT2D eigenvalue weighted by atomic mass is 32.2. The standard InChI is InChI=1S/C37H47N5O5S/c1-23-33-30-20-27(47-4)13-15-28(30)34-32(24-9-6-5-7-10-24)29-14-12-25(35(43)38-48(45,46)39(2)3)19-31(29)42(34)22-37(23,33)36(44)41-18-17-40-16-8-11-26(40)21-41/h12-15,19-20,23-24,26,33H,5-11,16-18,21-22H2,1-4H3,(H,38,43)/t23-,26+,33-,37?/m0/s1. The van der Waals surface area contributed by atoms with Crippen molar-refractivity contribution in [1.29, 1.82) is 0 Å². The summed E-state index contributed by atoms with van der Waals surface area (Å²) in [6.45, 7) is 6.31. The fourth-order valence-corrected chi connectivity index (χ4v) is 10.3. The van der Waals surface area contributed by atoms with Crippen LogP contribution in [0.25, 0.3) is 22.2 Å². The quantitative estimate of drug-likeness (QED) is 0.398. The van der Waals surface area contributed by atoms with Crippen molar-refractivity contribution in [3.8, 4) is 17.0 Å². The Morgan fingerprint density at radius 1 is 0.979 bits per heavy atom. The minimum Gasteiger partial charge on any atom is -0.497 e. The number of nitrogens with one attached hydrogen (secondary N) is 1. The van der Waals surface area contributed by atoms with E-state index >= 15 is 4.79 Å². The predicted molar refractivity (Wildman–Crippen MR) is 185 cm³/mol. The molecule has 0 bridgehead atoms. The summed E-state index contributed by atoms with van der Waals surface area (Å²) in [4.78, 5) is 33.1. The third-order valence-electron chi connectivity index (χ3n) is 12.4. The van der Waals surface area contributed by atoms with E-state index in [0.29, 0.717) is 18.5 Å². The van der Waals surface area contributed by atoms with Crippen LogP contribution < -0.4 is 9.46 Å². The van der Waals surface area contributed by atoms with Crippen molar-refractivity contribution >= 4 is 32.9 Å². The molecule has 48 heavy (non-hydrogen) atoms. The highest BCUT2D eigenvalue weighted by Crippen LogP contribution is 2.70. The van der Waals surface area contributed by atoms with Gasteiger partial charge in [-0.3, -0.25) is 14.5 Å². The second-order valence-electron chi connectivity index (χ2n) is 15.0. The first-order valence-corrected chi connectivity index (χ1v) is 19.1. The van der Waals surface area contributed by atoms with E-state index in [9.17, 15) is 13.2 Å². The minimum atomic E-state index is -3.97. The number of amides is 2. The molecule has 1 N–H and O–H groups in total. The molecule has 2 aliphatic carbocycles. The topological polar surface area (TPSA) is 104 Å². The lowest BCUT2D eigenvalue weighted by Gasteiger charge is -2.39. The summed E-state index contributed by atoms with van der Waals surface area (Å²) in [6.07, 6.45) is 8.09. The molecule has 8 rings (SSSR count). The van der Waals surface area contributed by atoms with Crippen molar-refractivity contribution in [2.75, 3.05) is 47.4 Å². The predicted octanol–water partition coefficient (Wildman–Crippen LogP) is 4.94. The molecular formula is C37H47N5O5S. The van der Waals surface area contributed by atoms with Crippen LogP contribution in [0, 0.1) is 11.3 Å². The van der Waals surface area contributed by atoms with Crippen LogP contribution in [-0.4, -0.2) is 92.3 Å². The molecule has 11 heteroatoms. The van der Waals surface area contributed by atoms with Gasteiger partial charge in [-0.25, -0.2) is 4.72 Å². The maximum absolute atomic E-state index is 15.0. The summed E-state index contributed by atoms with van der Waals surface area (Å²) < 4.78 is 36.5. The third kappa shape index (κ3) is 4.82. The normalized spacial score (nSPS) is 27.2. The number of aromatic nitrogens is 1. The van der Waals surface area contributed by atoms with E-state index in [1.54, 1.807) is 13.2 Å². The number of methoxy groups -OCH3 is 1. The van der Waals surface area contributed by atoms with Crippen molar-refractivity contribution in [2.24, 2.45) is 11.3 Å². The third-order valence-corrected chi connectivity index (χ3v) is 13.8. The van der Waals surface area contributed by atoms with E-state index in [1.807, 2.05) is 18.2 Å². The molecule has 0 radical (unpaired) electrons. The zero-order valence-electron chi connectivity index (χ0n) is 28.5. The van der Waals surface area contributed by atoms with Crippen LogP contribution in [0.5, 0.6) is 5.75 Å². The van der Waals surface area contributed by atoms with Gasteiger partial charge in [0, 0.05) is 74.3 Å². The van der Waals surface area contributed by atoms with E-state index in [0.717, 1.165) is 77.7 Å². The van der Waals surface area contributed by atoms with Gasteiger partial charge >= 0.3 is 10.2 Å². The van der Waals surface area contributed by atoms with Crippen molar-refractivity contribution in [3.63, 3.8) is 0 Å². The van der Waals surface area contributed by atoms with Gasteiger partial charge in [-0.15, -0.1) is 0 Å². The van der Waals surface area contributed by atoms with Gasteiger partial charge in [-0.2, -0.15) is 12.7 Å². The number of carbonyl (C=O) groups excluding carboxylic acids is 2. The first-order valence-electron chi connectivity index (χ1n) is 17.7. The largest absolute Gasteiger partial charge is 0.497 e. The zero-order chi connectivity index (χ0) is 33.5. The molecule has 1 aromatic heterocycles. The second-order valence-corrected chi connectivity index (χ2v) is 16.9. The number of ether oxygens (including phenoxy) is 1. The lowest BCUT2D eigenvalue weighted by Crippen LogP contribution is -2.54. The highest BCUT2D eigenvalue weighted by molar-refractivity contribution is 7.87. The molecule has 256 valence electrons. The molecule has 10 nitrogen and oxygen atoms in total. The summed E-state index contributed by atoms with van der Waals surface area (Å²) in [7, 11) is 0.515. The zero-order valence-corrected chi connectivity index (χ0v) is 29.3. The lowest BCUT2D eigenvalue weighted by atomic mass is 9.81. The van der Waals surface area contributed by atoms with E-state index in [2.05, 4.69) is 38.1 Å². The number of benzene rings is 2. The van der Waals surface area contributed by atoms with Crippen LogP contribution in [0.4, 0.5) is 0 Å². The number of rotatable bonds is 6. The molecule has 2 saturated carbocycles. The maximum atomic E-state index is 15.0. The Hall–Kier alpha value is -3.41. The molecule has 2 aromatic carbocycles. The van der Waals surface area contributed by atoms with Gasteiger partial charge in [-0.05, 0) is 85.5 Å². The Bertz CT molecular complexity index is 1910. The van der Waals surface area contributed by atoms with Crippen molar-refractivity contribution in [1.82, 2.24) is 23.4 Å². The van der Waals surface area contributed by atoms with E-state index in [4.69, 9.17) is 4.74 Å². The van der Waals surface area contributed by atoms with Crippen molar-refractivity contribution in [3.05, 3.63) is 53.1 Å². The molecule has 3 aromatic rings.